The lowest BCUT2D eigenvalue weighted by Crippen LogP contribution is -2.60. The van der Waals surface area contributed by atoms with E-state index in [2.05, 4.69) is 15.0 Å². The molecule has 0 bridgehead atoms. The Morgan fingerprint density at radius 1 is 1.17 bits per heavy atom. The SMILES string of the molecule is COC(=O)[C@@H](Cc1c[nH]c2ccccc12)NC(=O)[C@@H]1C[C@@H](NS(=O)(=O)c2cccs2)CCN1C(=O)COCC(=O)[O-]. The number of ether oxygens (including phenoxy) is 2. The second kappa shape index (κ2) is 13.2. The number of aromatic amines is 1. The summed E-state index contributed by atoms with van der Waals surface area (Å²) in [5, 5.41) is 15.8. The molecule has 0 spiro atoms. The van der Waals surface area contributed by atoms with E-state index >= 15 is 0 Å². The van der Waals surface area contributed by atoms with Gasteiger partial charge in [-0.3, -0.25) is 9.59 Å². The molecule has 220 valence electrons. The number of carbonyl (C=O) groups is 4. The van der Waals surface area contributed by atoms with Crippen molar-refractivity contribution in [3.63, 3.8) is 0 Å². The number of para-hydroxylation sites is 1. The number of H-pyrrole nitrogens is 1. The first-order chi connectivity index (χ1) is 19.6. The summed E-state index contributed by atoms with van der Waals surface area (Å²) in [7, 11) is -2.67. The number of hydrogen-bond acceptors (Lipinski definition) is 10. The van der Waals surface area contributed by atoms with E-state index < -0.39 is 65.1 Å². The molecule has 41 heavy (non-hydrogen) atoms. The highest BCUT2D eigenvalue weighted by Gasteiger charge is 2.39. The van der Waals surface area contributed by atoms with Crippen LogP contribution in [0.1, 0.15) is 18.4 Å². The van der Waals surface area contributed by atoms with Gasteiger partial charge in [-0.25, -0.2) is 17.9 Å². The first-order valence-electron chi connectivity index (χ1n) is 12.6. The maximum absolute atomic E-state index is 13.6. The lowest BCUT2D eigenvalue weighted by atomic mass is 9.96. The molecule has 0 saturated carbocycles. The predicted molar refractivity (Wildman–Crippen MR) is 145 cm³/mol. The molecule has 3 atom stereocenters. The van der Waals surface area contributed by atoms with Crippen LogP contribution in [0.15, 0.2) is 52.2 Å². The number of carboxylic acids is 1. The highest BCUT2D eigenvalue weighted by molar-refractivity contribution is 7.91. The summed E-state index contributed by atoms with van der Waals surface area (Å²) >= 11 is 1.04. The van der Waals surface area contributed by atoms with Gasteiger partial charge in [-0.05, 0) is 35.9 Å². The standard InChI is InChI=1S/C26H30N4O9S2/c1-38-26(35)20(11-16-13-27-19-6-3-2-5-18(16)19)28-25(34)21-12-17(29-41(36,37)24-7-4-10-40-24)8-9-30(21)22(31)14-39-15-23(32)33/h2-7,10,13,17,20-21,27,29H,8-9,11-12,14-15H2,1H3,(H,28,34)(H,32,33)/p-1/t17-,20+,21-/m0/s1. The summed E-state index contributed by atoms with van der Waals surface area (Å²) in [4.78, 5) is 54.2. The van der Waals surface area contributed by atoms with Gasteiger partial charge in [0.15, 0.2) is 0 Å². The molecular weight excluding hydrogens is 576 g/mol. The monoisotopic (exact) mass is 605 g/mol. The topological polar surface area (TPSA) is 187 Å². The number of sulfonamides is 1. The maximum atomic E-state index is 13.6. The van der Waals surface area contributed by atoms with Crippen LogP contribution in [0.3, 0.4) is 0 Å². The van der Waals surface area contributed by atoms with Crippen molar-refractivity contribution in [1.29, 1.82) is 0 Å². The number of benzene rings is 1. The lowest BCUT2D eigenvalue weighted by Gasteiger charge is -2.39. The Morgan fingerprint density at radius 3 is 2.66 bits per heavy atom. The molecule has 3 N–H and O–H groups in total. The number of rotatable bonds is 12. The van der Waals surface area contributed by atoms with Crippen molar-refractivity contribution in [1.82, 2.24) is 19.9 Å². The maximum Gasteiger partial charge on any atom is 0.328 e. The Balaban J connectivity index is 1.54. The van der Waals surface area contributed by atoms with Crippen molar-refractivity contribution in [2.24, 2.45) is 0 Å². The minimum absolute atomic E-state index is 0.0193. The molecule has 1 aliphatic heterocycles. The number of esters is 1. The molecule has 0 radical (unpaired) electrons. The number of aliphatic carboxylic acids is 1. The van der Waals surface area contributed by atoms with Crippen molar-refractivity contribution in [3.05, 3.63) is 53.5 Å². The van der Waals surface area contributed by atoms with Crippen LogP contribution in [0.2, 0.25) is 0 Å². The molecule has 2 amide bonds. The number of fused-ring (bicyclic) bond motifs is 1. The second-order valence-electron chi connectivity index (χ2n) is 9.39. The number of aromatic nitrogens is 1. The quantitative estimate of drug-likeness (QED) is 0.230. The third-order valence-electron chi connectivity index (χ3n) is 6.65. The number of nitrogens with zero attached hydrogens (tertiary/aromatic N) is 1. The minimum atomic E-state index is -3.86. The highest BCUT2D eigenvalue weighted by atomic mass is 32.2. The zero-order valence-electron chi connectivity index (χ0n) is 22.0. The van der Waals surface area contributed by atoms with Crippen molar-refractivity contribution < 1.29 is 42.2 Å². The molecule has 1 aliphatic rings. The fraction of sp³-hybridized carbons (Fsp3) is 0.385. The Labute approximate surface area is 239 Å². The molecule has 3 heterocycles. The van der Waals surface area contributed by atoms with Crippen LogP contribution >= 0.6 is 11.3 Å². The Hall–Kier alpha value is -3.79. The molecule has 3 aromatic rings. The van der Waals surface area contributed by atoms with E-state index in [0.717, 1.165) is 27.8 Å². The smallest absolute Gasteiger partial charge is 0.328 e. The van der Waals surface area contributed by atoms with E-state index in [9.17, 15) is 32.7 Å². The number of nitrogens with one attached hydrogen (secondary N) is 3. The lowest BCUT2D eigenvalue weighted by molar-refractivity contribution is -0.309. The summed E-state index contributed by atoms with van der Waals surface area (Å²) < 4.78 is 38.1. The van der Waals surface area contributed by atoms with Gasteiger partial charge in [0, 0.05) is 36.1 Å². The number of piperidine rings is 1. The fourth-order valence-electron chi connectivity index (χ4n) is 4.74. The number of methoxy groups -OCH3 is 1. The highest BCUT2D eigenvalue weighted by Crippen LogP contribution is 2.24. The van der Waals surface area contributed by atoms with Crippen molar-refractivity contribution in [2.45, 2.75) is 41.6 Å². The average molecular weight is 606 g/mol. The summed E-state index contributed by atoms with van der Waals surface area (Å²) in [6, 6.07) is 7.51. The Morgan fingerprint density at radius 2 is 1.95 bits per heavy atom. The first-order valence-corrected chi connectivity index (χ1v) is 15.0. The largest absolute Gasteiger partial charge is 0.548 e. The van der Waals surface area contributed by atoms with Gasteiger partial charge in [0.2, 0.25) is 21.8 Å². The van der Waals surface area contributed by atoms with Crippen LogP contribution in [0.5, 0.6) is 0 Å². The number of thiophene rings is 1. The molecular formula is C26H29N4O9S2-. The molecule has 0 aliphatic carbocycles. The van der Waals surface area contributed by atoms with Crippen molar-refractivity contribution >= 4 is 56.0 Å². The first kappa shape index (κ1) is 30.2. The number of carbonyl (C=O) groups excluding carboxylic acids is 4. The number of hydrogen-bond donors (Lipinski definition) is 3. The van der Waals surface area contributed by atoms with E-state index in [1.807, 2.05) is 24.3 Å². The molecule has 1 aromatic carbocycles. The van der Waals surface area contributed by atoms with Gasteiger partial charge in [0.25, 0.3) is 0 Å². The Bertz CT molecular complexity index is 1500. The van der Waals surface area contributed by atoms with Crippen molar-refractivity contribution in [3.8, 4) is 0 Å². The van der Waals surface area contributed by atoms with E-state index in [1.54, 1.807) is 17.6 Å². The number of amides is 2. The van der Waals surface area contributed by atoms with Crippen LogP contribution in [-0.2, 0) is 45.1 Å². The van der Waals surface area contributed by atoms with Gasteiger partial charge >= 0.3 is 5.97 Å². The van der Waals surface area contributed by atoms with Gasteiger partial charge in [-0.2, -0.15) is 0 Å². The molecule has 13 nitrogen and oxygen atoms in total. The predicted octanol–water partition coefficient (Wildman–Crippen LogP) is -0.466. The van der Waals surface area contributed by atoms with Crippen LogP contribution in [-0.4, -0.2) is 87.0 Å². The zero-order chi connectivity index (χ0) is 29.6. The van der Waals surface area contributed by atoms with Gasteiger partial charge in [0.1, 0.15) is 22.9 Å². The zero-order valence-corrected chi connectivity index (χ0v) is 23.7. The third kappa shape index (κ3) is 7.49. The summed E-state index contributed by atoms with van der Waals surface area (Å²) in [5.74, 6) is -3.58. The van der Waals surface area contributed by atoms with Gasteiger partial charge in [-0.1, -0.05) is 24.3 Å². The minimum Gasteiger partial charge on any atom is -0.548 e. The third-order valence-corrected chi connectivity index (χ3v) is 9.57. The number of likely N-dealkylation sites (tertiary alicyclic amines) is 1. The normalized spacial score (nSPS) is 18.1. The molecule has 1 saturated heterocycles. The average Bonchev–Trinajstić information content (AvgIpc) is 3.63. The summed E-state index contributed by atoms with van der Waals surface area (Å²) in [6.45, 7) is -1.46. The molecule has 15 heteroatoms. The molecule has 4 rings (SSSR count). The van der Waals surface area contributed by atoms with Crippen LogP contribution in [0.25, 0.3) is 10.9 Å². The van der Waals surface area contributed by atoms with Crippen molar-refractivity contribution in [2.75, 3.05) is 26.9 Å². The Kier molecular flexibility index (Phi) is 9.75. The summed E-state index contributed by atoms with van der Waals surface area (Å²) in [6.07, 6.45) is 1.92. The van der Waals surface area contributed by atoms with E-state index in [1.165, 1.54) is 18.1 Å². The van der Waals surface area contributed by atoms with Crippen LogP contribution < -0.4 is 15.1 Å². The van der Waals surface area contributed by atoms with E-state index in [4.69, 9.17) is 9.47 Å². The van der Waals surface area contributed by atoms with Gasteiger partial charge in [0.05, 0.1) is 19.7 Å². The van der Waals surface area contributed by atoms with Crippen LogP contribution in [0, 0.1) is 0 Å². The van der Waals surface area contributed by atoms with E-state index in [-0.39, 0.29) is 30.0 Å². The molecule has 0 unspecified atom stereocenters. The molecule has 2 aromatic heterocycles. The van der Waals surface area contributed by atoms with E-state index in [0.29, 0.717) is 0 Å². The van der Waals surface area contributed by atoms with Crippen LogP contribution in [0.4, 0.5) is 0 Å². The van der Waals surface area contributed by atoms with Gasteiger partial charge < -0.3 is 34.6 Å². The molecule has 1 fully saturated rings. The fourth-order valence-corrected chi connectivity index (χ4v) is 7.03. The van der Waals surface area contributed by atoms with Gasteiger partial charge in [-0.15, -0.1) is 11.3 Å². The second-order valence-corrected chi connectivity index (χ2v) is 12.3. The number of carboxylic acid groups (broad SMARTS) is 1. The summed E-state index contributed by atoms with van der Waals surface area (Å²) in [5.41, 5.74) is 1.60.